The van der Waals surface area contributed by atoms with E-state index in [0.29, 0.717) is 6.04 Å². The molecule has 0 aromatic rings. The number of hydrogen-bond acceptors (Lipinski definition) is 1. The van der Waals surface area contributed by atoms with Gasteiger partial charge >= 0.3 is 0 Å². The molecule has 0 bridgehead atoms. The third-order valence-electron chi connectivity index (χ3n) is 1.70. The highest BCUT2D eigenvalue weighted by molar-refractivity contribution is 5.18. The van der Waals surface area contributed by atoms with E-state index in [0.717, 1.165) is 12.0 Å². The van der Waals surface area contributed by atoms with Gasteiger partial charge in [0.25, 0.3) is 0 Å². The lowest BCUT2D eigenvalue weighted by atomic mass is 10.1. The van der Waals surface area contributed by atoms with Crippen LogP contribution in [0.25, 0.3) is 0 Å². The van der Waals surface area contributed by atoms with Crippen molar-refractivity contribution in [3.63, 3.8) is 0 Å². The van der Waals surface area contributed by atoms with Gasteiger partial charge in [0.2, 0.25) is 0 Å². The monoisotopic (exact) mass is 139 g/mol. The predicted octanol–water partition coefficient (Wildman–Crippen LogP) is 2.07. The van der Waals surface area contributed by atoms with Gasteiger partial charge in [0.1, 0.15) is 0 Å². The Balaban J connectivity index is 4.06. The lowest BCUT2D eigenvalue weighted by Gasteiger charge is -2.22. The van der Waals surface area contributed by atoms with Crippen molar-refractivity contribution < 1.29 is 0 Å². The normalized spacial score (nSPS) is 13.2. The van der Waals surface area contributed by atoms with E-state index in [1.165, 1.54) is 0 Å². The van der Waals surface area contributed by atoms with Gasteiger partial charge in [-0.3, -0.25) is 0 Å². The maximum atomic E-state index is 3.91. The Hall–Kier alpha value is -0.560. The van der Waals surface area contributed by atoms with Gasteiger partial charge in [-0.05, 0) is 26.1 Å². The highest BCUT2D eigenvalue weighted by Gasteiger charge is 2.08. The first-order chi connectivity index (χ1) is 4.63. The highest BCUT2D eigenvalue weighted by atomic mass is 15.1. The van der Waals surface area contributed by atoms with Crippen LogP contribution in [-0.2, 0) is 0 Å². The van der Waals surface area contributed by atoms with Crippen molar-refractivity contribution in [2.24, 2.45) is 0 Å². The van der Waals surface area contributed by atoms with E-state index >= 15 is 0 Å². The van der Waals surface area contributed by atoms with Crippen molar-refractivity contribution in [1.29, 1.82) is 0 Å². The van der Waals surface area contributed by atoms with Gasteiger partial charge in [0.05, 0.1) is 0 Å². The minimum atomic E-state index is 0.456. The van der Waals surface area contributed by atoms with Gasteiger partial charge in [0.15, 0.2) is 0 Å². The van der Waals surface area contributed by atoms with Crippen LogP contribution in [0.2, 0.25) is 0 Å². The summed E-state index contributed by atoms with van der Waals surface area (Å²) >= 11 is 0. The van der Waals surface area contributed by atoms with Crippen molar-refractivity contribution in [3.05, 3.63) is 24.8 Å². The van der Waals surface area contributed by atoms with Gasteiger partial charge in [-0.2, -0.15) is 0 Å². The molecule has 0 aliphatic rings. The van der Waals surface area contributed by atoms with Crippen LogP contribution in [0.3, 0.4) is 0 Å². The molecule has 0 amide bonds. The maximum absolute atomic E-state index is 3.91. The van der Waals surface area contributed by atoms with Crippen LogP contribution in [-0.4, -0.2) is 25.0 Å². The minimum absolute atomic E-state index is 0.456. The van der Waals surface area contributed by atoms with Crippen molar-refractivity contribution in [3.8, 4) is 0 Å². The van der Waals surface area contributed by atoms with Crippen LogP contribution < -0.4 is 0 Å². The average Bonchev–Trinajstić information content (AvgIpc) is 1.88. The van der Waals surface area contributed by atoms with Crippen LogP contribution in [0.5, 0.6) is 0 Å². The second kappa shape index (κ2) is 4.29. The van der Waals surface area contributed by atoms with Gasteiger partial charge in [0, 0.05) is 6.04 Å². The fraction of sp³-hybridized carbons (Fsp3) is 0.556. The van der Waals surface area contributed by atoms with Crippen LogP contribution >= 0.6 is 0 Å². The van der Waals surface area contributed by atoms with Gasteiger partial charge in [-0.25, -0.2) is 0 Å². The average molecular weight is 139 g/mol. The Labute approximate surface area is 64.0 Å². The molecule has 0 aromatic heterocycles. The van der Waals surface area contributed by atoms with Gasteiger partial charge in [-0.1, -0.05) is 26.2 Å². The highest BCUT2D eigenvalue weighted by Crippen LogP contribution is 2.09. The zero-order chi connectivity index (χ0) is 8.15. The molecule has 10 heavy (non-hydrogen) atoms. The molecule has 1 heteroatoms. The summed E-state index contributed by atoms with van der Waals surface area (Å²) in [5, 5.41) is 0. The number of rotatable bonds is 4. The SMILES string of the molecule is C=CC(=C)C(CC)N(C)C. The summed E-state index contributed by atoms with van der Waals surface area (Å²) < 4.78 is 0. The fourth-order valence-electron chi connectivity index (χ4n) is 1.10. The minimum Gasteiger partial charge on any atom is -0.302 e. The molecule has 1 nitrogen and oxygen atoms in total. The number of likely N-dealkylation sites (N-methyl/N-ethyl adjacent to an activating group) is 1. The maximum Gasteiger partial charge on any atom is 0.0333 e. The zero-order valence-corrected chi connectivity index (χ0v) is 7.22. The van der Waals surface area contributed by atoms with E-state index in [2.05, 4.69) is 39.1 Å². The first kappa shape index (κ1) is 9.44. The molecule has 0 aromatic carbocycles. The summed E-state index contributed by atoms with van der Waals surface area (Å²) in [6, 6.07) is 0.456. The van der Waals surface area contributed by atoms with Crippen molar-refractivity contribution >= 4 is 0 Å². The second-order valence-corrected chi connectivity index (χ2v) is 2.67. The van der Waals surface area contributed by atoms with E-state index in [1.807, 2.05) is 6.08 Å². The van der Waals surface area contributed by atoms with Gasteiger partial charge < -0.3 is 4.90 Å². The molecular weight excluding hydrogens is 122 g/mol. The Morgan fingerprint density at radius 3 is 2.20 bits per heavy atom. The smallest absolute Gasteiger partial charge is 0.0333 e. The third kappa shape index (κ3) is 2.36. The van der Waals surface area contributed by atoms with Gasteiger partial charge in [-0.15, -0.1) is 0 Å². The van der Waals surface area contributed by atoms with E-state index in [-0.39, 0.29) is 0 Å². The summed E-state index contributed by atoms with van der Waals surface area (Å²) in [5.74, 6) is 0. The summed E-state index contributed by atoms with van der Waals surface area (Å²) in [6.45, 7) is 9.74. The first-order valence-electron chi connectivity index (χ1n) is 3.61. The summed E-state index contributed by atoms with van der Waals surface area (Å²) in [7, 11) is 4.12. The lowest BCUT2D eigenvalue weighted by molar-refractivity contribution is 0.327. The molecule has 0 radical (unpaired) electrons. The summed E-state index contributed by atoms with van der Waals surface area (Å²) in [5.41, 5.74) is 1.10. The molecule has 1 atom stereocenters. The fourth-order valence-corrected chi connectivity index (χ4v) is 1.10. The summed E-state index contributed by atoms with van der Waals surface area (Å²) in [4.78, 5) is 2.16. The zero-order valence-electron chi connectivity index (χ0n) is 7.22. The van der Waals surface area contributed by atoms with Crippen molar-refractivity contribution in [2.75, 3.05) is 14.1 Å². The van der Waals surface area contributed by atoms with E-state index < -0.39 is 0 Å². The third-order valence-corrected chi connectivity index (χ3v) is 1.70. The largest absolute Gasteiger partial charge is 0.302 e. The van der Waals surface area contributed by atoms with Crippen molar-refractivity contribution in [2.45, 2.75) is 19.4 Å². The standard InChI is InChI=1S/C9H17N/c1-6-8(3)9(7-2)10(4)5/h6,9H,1,3,7H2,2,4-5H3. The quantitative estimate of drug-likeness (QED) is 0.539. The molecule has 1 unspecified atom stereocenters. The van der Waals surface area contributed by atoms with E-state index in [1.54, 1.807) is 0 Å². The Bertz CT molecular complexity index is 125. The number of nitrogens with zero attached hydrogens (tertiary/aromatic N) is 1. The Kier molecular flexibility index (Phi) is 4.05. The summed E-state index contributed by atoms with van der Waals surface area (Å²) in [6.07, 6.45) is 2.92. The Morgan fingerprint density at radius 2 is 2.10 bits per heavy atom. The molecule has 0 N–H and O–H groups in total. The predicted molar refractivity (Wildman–Crippen MR) is 47.1 cm³/mol. The molecule has 58 valence electrons. The van der Waals surface area contributed by atoms with Crippen LogP contribution in [0.4, 0.5) is 0 Å². The molecule has 0 aliphatic carbocycles. The molecule has 0 saturated carbocycles. The van der Waals surface area contributed by atoms with Crippen LogP contribution in [0.1, 0.15) is 13.3 Å². The Morgan fingerprint density at radius 1 is 1.60 bits per heavy atom. The van der Waals surface area contributed by atoms with E-state index in [9.17, 15) is 0 Å². The molecule has 0 aliphatic heterocycles. The number of hydrogen-bond donors (Lipinski definition) is 0. The molecule has 0 fully saturated rings. The van der Waals surface area contributed by atoms with Crippen molar-refractivity contribution in [1.82, 2.24) is 4.90 Å². The molecule has 0 spiro atoms. The molecule has 0 rings (SSSR count). The van der Waals surface area contributed by atoms with E-state index in [4.69, 9.17) is 0 Å². The van der Waals surface area contributed by atoms with Crippen LogP contribution in [0, 0.1) is 0 Å². The molecule has 0 heterocycles. The first-order valence-corrected chi connectivity index (χ1v) is 3.61. The topological polar surface area (TPSA) is 3.24 Å². The van der Waals surface area contributed by atoms with Crippen LogP contribution in [0.15, 0.2) is 24.8 Å². The molecule has 0 saturated heterocycles. The second-order valence-electron chi connectivity index (χ2n) is 2.67. The lowest BCUT2D eigenvalue weighted by Crippen LogP contribution is -2.27. The molecular formula is C9H17N.